The van der Waals surface area contributed by atoms with Crippen molar-refractivity contribution < 1.29 is 32.7 Å². The van der Waals surface area contributed by atoms with Crippen LogP contribution in [0.5, 0.6) is 0 Å². The highest BCUT2D eigenvalue weighted by molar-refractivity contribution is 7.11. The first-order valence-electron chi connectivity index (χ1n) is 9.74. The molecule has 0 bridgehead atoms. The lowest BCUT2D eigenvalue weighted by atomic mass is 10.0. The van der Waals surface area contributed by atoms with Crippen molar-refractivity contribution in [3.8, 4) is 0 Å². The van der Waals surface area contributed by atoms with Crippen molar-refractivity contribution in [1.29, 1.82) is 0 Å². The van der Waals surface area contributed by atoms with E-state index < -0.39 is 12.1 Å². The van der Waals surface area contributed by atoms with Gasteiger partial charge in [-0.15, -0.1) is 11.3 Å². The van der Waals surface area contributed by atoms with E-state index >= 15 is 0 Å². The Morgan fingerprint density at radius 1 is 1.25 bits per heavy atom. The van der Waals surface area contributed by atoms with Gasteiger partial charge in [-0.1, -0.05) is 0 Å². The van der Waals surface area contributed by atoms with Crippen molar-refractivity contribution in [2.24, 2.45) is 0 Å². The predicted molar refractivity (Wildman–Crippen MR) is 108 cm³/mol. The first-order valence-corrected chi connectivity index (χ1v) is 10.6. The van der Waals surface area contributed by atoms with Crippen LogP contribution in [0.1, 0.15) is 31.5 Å². The quantitative estimate of drug-likeness (QED) is 0.623. The number of aromatic nitrogens is 2. The number of carbonyl (C=O) groups excluding carboxylic acids is 2. The van der Waals surface area contributed by atoms with Gasteiger partial charge in [0.2, 0.25) is 5.91 Å². The van der Waals surface area contributed by atoms with Crippen molar-refractivity contribution >= 4 is 29.1 Å². The second-order valence-corrected chi connectivity index (χ2v) is 8.75. The molecule has 13 heteroatoms. The Morgan fingerprint density at radius 3 is 2.56 bits per heavy atom. The minimum absolute atomic E-state index is 0.110. The summed E-state index contributed by atoms with van der Waals surface area (Å²) >= 11 is 1.81. The van der Waals surface area contributed by atoms with E-state index in [9.17, 15) is 22.8 Å². The highest BCUT2D eigenvalue weighted by Gasteiger charge is 2.38. The minimum Gasteiger partial charge on any atom is -0.475 e. The molecule has 2 aromatic rings. The molecule has 2 aliphatic heterocycles. The fraction of sp³-hybridized carbons (Fsp3) is 0.474. The number of alkyl halides is 3. The Kier molecular flexibility index (Phi) is 7.19. The molecule has 0 aliphatic carbocycles. The number of aliphatic carboxylic acids is 1. The zero-order chi connectivity index (χ0) is 23.5. The van der Waals surface area contributed by atoms with E-state index in [1.807, 2.05) is 11.3 Å². The SMILES string of the molecule is Cc1ccc(CN2CCc3[nH]nc(C(=O)N4CCNC(=O)C4)c3C2)s1.O=C(O)C(F)(F)F. The number of carboxylic acids is 1. The van der Waals surface area contributed by atoms with Crippen LogP contribution in [0, 0.1) is 6.92 Å². The van der Waals surface area contributed by atoms with Crippen molar-refractivity contribution in [3.63, 3.8) is 0 Å². The van der Waals surface area contributed by atoms with Crippen molar-refractivity contribution in [2.75, 3.05) is 26.2 Å². The van der Waals surface area contributed by atoms with Crippen molar-refractivity contribution in [2.45, 2.75) is 32.6 Å². The molecule has 0 atom stereocenters. The molecule has 2 amide bonds. The molecule has 0 saturated carbocycles. The number of halogens is 3. The van der Waals surface area contributed by atoms with E-state index in [0.29, 0.717) is 25.3 Å². The first-order chi connectivity index (χ1) is 15.0. The first kappa shape index (κ1) is 23.7. The summed E-state index contributed by atoms with van der Waals surface area (Å²) in [5.74, 6) is -3.02. The molecule has 0 unspecified atom stereocenters. The average Bonchev–Trinajstić information content (AvgIpc) is 3.33. The Morgan fingerprint density at radius 2 is 1.97 bits per heavy atom. The van der Waals surface area contributed by atoms with Gasteiger partial charge < -0.3 is 15.3 Å². The molecule has 9 nitrogen and oxygen atoms in total. The van der Waals surface area contributed by atoms with Gasteiger partial charge in [0, 0.05) is 60.2 Å². The molecule has 32 heavy (non-hydrogen) atoms. The molecule has 1 fully saturated rings. The van der Waals surface area contributed by atoms with Crippen LogP contribution in [0.4, 0.5) is 13.2 Å². The number of carboxylic acid groups (broad SMARTS) is 1. The van der Waals surface area contributed by atoms with Gasteiger partial charge in [-0.25, -0.2) is 4.79 Å². The third kappa shape index (κ3) is 5.85. The lowest BCUT2D eigenvalue weighted by Crippen LogP contribution is -2.50. The maximum absolute atomic E-state index is 12.8. The van der Waals surface area contributed by atoms with Crippen LogP contribution in [0.15, 0.2) is 12.1 Å². The highest BCUT2D eigenvalue weighted by atomic mass is 32.1. The highest BCUT2D eigenvalue weighted by Crippen LogP contribution is 2.25. The van der Waals surface area contributed by atoms with Gasteiger partial charge in [0.05, 0.1) is 6.54 Å². The largest absolute Gasteiger partial charge is 0.490 e. The fourth-order valence-corrected chi connectivity index (χ4v) is 4.35. The molecular formula is C19H22F3N5O4S. The number of fused-ring (bicyclic) bond motifs is 1. The standard InChI is InChI=1S/C17H21N5O2S.C2HF3O2/c1-11-2-3-12(25-11)8-21-6-4-14-13(9-21)16(20-19-14)17(24)22-7-5-18-15(23)10-22;3-2(4,5)1(6)7/h2-3H,4-10H2,1H3,(H,18,23)(H,19,20);(H,6,7). The van der Waals surface area contributed by atoms with Crippen LogP contribution >= 0.6 is 11.3 Å². The smallest absolute Gasteiger partial charge is 0.475 e. The summed E-state index contributed by atoms with van der Waals surface area (Å²) < 4.78 is 31.7. The maximum Gasteiger partial charge on any atom is 0.490 e. The van der Waals surface area contributed by atoms with Gasteiger partial charge in [-0.3, -0.25) is 19.6 Å². The molecule has 2 aliphatic rings. The van der Waals surface area contributed by atoms with Crippen molar-refractivity contribution in [1.82, 2.24) is 25.3 Å². The second-order valence-electron chi connectivity index (χ2n) is 7.38. The lowest BCUT2D eigenvalue weighted by molar-refractivity contribution is -0.192. The number of amides is 2. The number of H-pyrrole nitrogens is 1. The molecule has 0 spiro atoms. The van der Waals surface area contributed by atoms with Gasteiger partial charge in [0.25, 0.3) is 5.91 Å². The molecule has 2 aromatic heterocycles. The molecule has 4 heterocycles. The van der Waals surface area contributed by atoms with Crippen LogP contribution in [-0.4, -0.2) is 75.2 Å². The Balaban J connectivity index is 0.000000360. The van der Waals surface area contributed by atoms with E-state index in [0.717, 1.165) is 30.8 Å². The average molecular weight is 473 g/mol. The molecule has 174 valence electrons. The summed E-state index contributed by atoms with van der Waals surface area (Å²) in [4.78, 5) is 39.8. The number of piperazine rings is 1. The zero-order valence-electron chi connectivity index (χ0n) is 17.2. The van der Waals surface area contributed by atoms with E-state index in [-0.39, 0.29) is 18.4 Å². The summed E-state index contributed by atoms with van der Waals surface area (Å²) in [5, 5.41) is 17.2. The minimum atomic E-state index is -5.08. The molecular weight excluding hydrogens is 451 g/mol. The third-order valence-corrected chi connectivity index (χ3v) is 5.94. The van der Waals surface area contributed by atoms with Gasteiger partial charge in [-0.05, 0) is 19.1 Å². The van der Waals surface area contributed by atoms with Crippen LogP contribution in [0.3, 0.4) is 0 Å². The summed E-state index contributed by atoms with van der Waals surface area (Å²) in [7, 11) is 0. The molecule has 3 N–H and O–H groups in total. The normalized spacial score (nSPS) is 16.6. The summed E-state index contributed by atoms with van der Waals surface area (Å²) in [6.07, 6.45) is -4.22. The summed E-state index contributed by atoms with van der Waals surface area (Å²) in [5.41, 5.74) is 2.50. The lowest BCUT2D eigenvalue weighted by Gasteiger charge is -2.28. The van der Waals surface area contributed by atoms with E-state index in [4.69, 9.17) is 9.90 Å². The molecule has 4 rings (SSSR count). The number of nitrogens with one attached hydrogen (secondary N) is 2. The zero-order valence-corrected chi connectivity index (χ0v) is 18.0. The molecule has 1 saturated heterocycles. The number of aryl methyl sites for hydroxylation is 1. The van der Waals surface area contributed by atoms with Gasteiger partial charge in [0.15, 0.2) is 5.69 Å². The number of hydrogen-bond donors (Lipinski definition) is 3. The van der Waals surface area contributed by atoms with E-state index in [2.05, 4.69) is 39.5 Å². The molecule has 0 aromatic carbocycles. The number of aromatic amines is 1. The third-order valence-electron chi connectivity index (χ3n) is 4.96. The predicted octanol–water partition coefficient (Wildman–Crippen LogP) is 1.54. The number of carbonyl (C=O) groups is 3. The van der Waals surface area contributed by atoms with Crippen molar-refractivity contribution in [3.05, 3.63) is 38.8 Å². The number of nitrogens with zero attached hydrogens (tertiary/aromatic N) is 3. The van der Waals surface area contributed by atoms with Crippen LogP contribution < -0.4 is 5.32 Å². The monoisotopic (exact) mass is 473 g/mol. The Hall–Kier alpha value is -2.93. The second kappa shape index (κ2) is 9.69. The van der Waals surface area contributed by atoms with Crippen LogP contribution in [-0.2, 0) is 29.1 Å². The van der Waals surface area contributed by atoms with Crippen LogP contribution in [0.2, 0.25) is 0 Å². The summed E-state index contributed by atoms with van der Waals surface area (Å²) in [6, 6.07) is 4.31. The number of rotatable bonds is 3. The van der Waals surface area contributed by atoms with E-state index in [1.54, 1.807) is 4.90 Å². The molecule has 0 radical (unpaired) electrons. The van der Waals surface area contributed by atoms with Gasteiger partial charge in [0.1, 0.15) is 0 Å². The maximum atomic E-state index is 12.8. The fourth-order valence-electron chi connectivity index (χ4n) is 3.42. The number of hydrogen-bond acceptors (Lipinski definition) is 6. The number of thiophene rings is 1. The van der Waals surface area contributed by atoms with Gasteiger partial charge in [-0.2, -0.15) is 18.3 Å². The van der Waals surface area contributed by atoms with E-state index in [1.165, 1.54) is 9.75 Å². The Bertz CT molecular complexity index is 1000. The Labute approximate surface area is 185 Å². The van der Waals surface area contributed by atoms with Crippen LogP contribution in [0.25, 0.3) is 0 Å². The topological polar surface area (TPSA) is 119 Å². The summed E-state index contributed by atoms with van der Waals surface area (Å²) in [6.45, 7) is 5.81. The van der Waals surface area contributed by atoms with Gasteiger partial charge >= 0.3 is 12.1 Å².